The van der Waals surface area contributed by atoms with Crippen molar-refractivity contribution < 1.29 is 24.2 Å². The van der Waals surface area contributed by atoms with E-state index in [1.165, 1.54) is 4.90 Å². The fraction of sp³-hybridized carbons (Fsp3) is 0.357. The largest absolute Gasteiger partial charge is 0.497 e. The number of fused-ring (bicyclic) bond motifs is 1. The van der Waals surface area contributed by atoms with Crippen molar-refractivity contribution in [2.75, 3.05) is 38.8 Å². The molecule has 3 N–H and O–H groups in total. The Morgan fingerprint density at radius 2 is 2.18 bits per heavy atom. The lowest BCUT2D eigenvalue weighted by atomic mass is 10.0. The van der Waals surface area contributed by atoms with Gasteiger partial charge in [0.15, 0.2) is 0 Å². The number of amides is 2. The molecule has 0 spiro atoms. The molecule has 1 unspecified atom stereocenters. The van der Waals surface area contributed by atoms with Crippen LogP contribution < -0.4 is 15.4 Å². The lowest BCUT2D eigenvalue weighted by Crippen LogP contribution is -2.40. The second-order valence-electron chi connectivity index (χ2n) is 9.56. The summed E-state index contributed by atoms with van der Waals surface area (Å²) in [5.74, 6) is 0.437. The molecule has 1 saturated heterocycles. The second kappa shape index (κ2) is 12.0. The van der Waals surface area contributed by atoms with E-state index in [9.17, 15) is 14.7 Å². The molecule has 0 saturated carbocycles. The molecule has 2 amide bonds. The number of hydrogen-bond donors (Lipinski definition) is 3. The highest BCUT2D eigenvalue weighted by Crippen LogP contribution is 2.31. The number of anilines is 1. The number of rotatable bonds is 9. The first-order chi connectivity index (χ1) is 18.9. The number of aliphatic hydroxyl groups is 1. The highest BCUT2D eigenvalue weighted by atomic mass is 35.5. The number of hydrogen-bond acceptors (Lipinski definition) is 8. The first-order valence-electron chi connectivity index (χ1n) is 12.8. The van der Waals surface area contributed by atoms with Crippen molar-refractivity contribution in [1.82, 2.24) is 20.2 Å². The molecular weight excluding hydrogens is 522 g/mol. The predicted molar refractivity (Wildman–Crippen MR) is 146 cm³/mol. The molecular formula is C28H30ClN5O5. The number of carbonyl (C=O) groups excluding carboxylic acids is 2. The summed E-state index contributed by atoms with van der Waals surface area (Å²) < 4.78 is 10.7. The molecule has 39 heavy (non-hydrogen) atoms. The Hall–Kier alpha value is -3.73. The molecule has 3 heterocycles. The van der Waals surface area contributed by atoms with Crippen LogP contribution in [-0.4, -0.2) is 71.3 Å². The molecule has 0 aliphatic carbocycles. The van der Waals surface area contributed by atoms with E-state index in [-0.39, 0.29) is 31.0 Å². The van der Waals surface area contributed by atoms with Crippen molar-refractivity contribution in [1.29, 1.82) is 0 Å². The van der Waals surface area contributed by atoms with Gasteiger partial charge in [0, 0.05) is 24.3 Å². The van der Waals surface area contributed by atoms with Gasteiger partial charge in [0.05, 0.1) is 49.3 Å². The minimum Gasteiger partial charge on any atom is -0.497 e. The molecule has 5 rings (SSSR count). The highest BCUT2D eigenvalue weighted by molar-refractivity contribution is 6.33. The van der Waals surface area contributed by atoms with E-state index in [0.29, 0.717) is 52.3 Å². The standard InChI is InChI=1S/C28H30ClN5O5/c1-38-21-6-2-4-17(10-21)24(15-35)32-25(36)14-34-13-19-8-7-18(11-22(19)27(34)37)26-23(29)12-30-28(33-26)31-20-5-3-9-39-16-20/h2,4,6-8,10-12,20,24,35H,3,5,9,13-16H2,1H3,(H,32,36)(H,30,31,33)/t20-,24?/m0/s1. The van der Waals surface area contributed by atoms with E-state index in [0.717, 1.165) is 25.0 Å². The fourth-order valence-electron chi connectivity index (χ4n) is 4.82. The van der Waals surface area contributed by atoms with Crippen molar-refractivity contribution in [3.05, 3.63) is 70.4 Å². The summed E-state index contributed by atoms with van der Waals surface area (Å²) in [7, 11) is 1.55. The van der Waals surface area contributed by atoms with Gasteiger partial charge in [0.2, 0.25) is 11.9 Å². The van der Waals surface area contributed by atoms with Crippen LogP contribution in [0.25, 0.3) is 11.3 Å². The van der Waals surface area contributed by atoms with E-state index < -0.39 is 6.04 Å². The Morgan fingerprint density at radius 1 is 1.31 bits per heavy atom. The normalized spacial score (nSPS) is 17.5. The quantitative estimate of drug-likeness (QED) is 0.370. The van der Waals surface area contributed by atoms with Gasteiger partial charge in [-0.3, -0.25) is 9.59 Å². The van der Waals surface area contributed by atoms with Gasteiger partial charge in [0.25, 0.3) is 5.91 Å². The van der Waals surface area contributed by atoms with Gasteiger partial charge in [-0.05, 0) is 42.2 Å². The van der Waals surface area contributed by atoms with Gasteiger partial charge in [-0.2, -0.15) is 0 Å². The van der Waals surface area contributed by atoms with Crippen molar-refractivity contribution >= 4 is 29.4 Å². The third-order valence-electron chi connectivity index (χ3n) is 6.85. The summed E-state index contributed by atoms with van der Waals surface area (Å²) in [6.07, 6.45) is 3.49. The number of nitrogens with zero attached hydrogens (tertiary/aromatic N) is 3. The van der Waals surface area contributed by atoms with E-state index in [4.69, 9.17) is 21.1 Å². The van der Waals surface area contributed by atoms with E-state index >= 15 is 0 Å². The smallest absolute Gasteiger partial charge is 0.254 e. The van der Waals surface area contributed by atoms with E-state index in [1.54, 1.807) is 43.6 Å². The maximum Gasteiger partial charge on any atom is 0.254 e. The summed E-state index contributed by atoms with van der Waals surface area (Å²) in [5.41, 5.74) is 3.21. The summed E-state index contributed by atoms with van der Waals surface area (Å²) in [4.78, 5) is 36.4. The minimum atomic E-state index is -0.623. The molecule has 2 atom stereocenters. The van der Waals surface area contributed by atoms with Crippen LogP contribution in [0.1, 0.15) is 40.4 Å². The van der Waals surface area contributed by atoms with Crippen molar-refractivity contribution in [2.24, 2.45) is 0 Å². The maximum atomic E-state index is 13.2. The highest BCUT2D eigenvalue weighted by Gasteiger charge is 2.30. The van der Waals surface area contributed by atoms with Crippen LogP contribution in [0.4, 0.5) is 5.95 Å². The molecule has 0 bridgehead atoms. The number of ether oxygens (including phenoxy) is 2. The van der Waals surface area contributed by atoms with Crippen LogP contribution in [0, 0.1) is 0 Å². The van der Waals surface area contributed by atoms with Crippen molar-refractivity contribution in [2.45, 2.75) is 31.5 Å². The molecule has 10 nitrogen and oxygen atoms in total. The van der Waals surface area contributed by atoms with Crippen LogP contribution in [0.3, 0.4) is 0 Å². The average molecular weight is 552 g/mol. The van der Waals surface area contributed by atoms with Crippen molar-refractivity contribution in [3.63, 3.8) is 0 Å². The fourth-order valence-corrected chi connectivity index (χ4v) is 5.02. The third kappa shape index (κ3) is 6.13. The van der Waals surface area contributed by atoms with Gasteiger partial charge in [-0.25, -0.2) is 9.97 Å². The SMILES string of the molecule is COc1cccc(C(CO)NC(=O)CN2Cc3ccc(-c4nc(N[C@H]5CCCOC5)ncc4Cl)cc3C2=O)c1. The van der Waals surface area contributed by atoms with Gasteiger partial charge in [-0.15, -0.1) is 0 Å². The summed E-state index contributed by atoms with van der Waals surface area (Å²) in [5, 5.41) is 16.3. The summed E-state index contributed by atoms with van der Waals surface area (Å²) in [6.45, 7) is 1.22. The molecule has 0 radical (unpaired) electrons. The van der Waals surface area contributed by atoms with Crippen LogP contribution in [0.5, 0.6) is 5.75 Å². The molecule has 1 aromatic heterocycles. The van der Waals surface area contributed by atoms with Crippen LogP contribution >= 0.6 is 11.6 Å². The molecule has 3 aromatic rings. The number of aromatic nitrogens is 2. The van der Waals surface area contributed by atoms with Crippen LogP contribution in [-0.2, 0) is 16.1 Å². The zero-order valence-electron chi connectivity index (χ0n) is 21.5. The zero-order valence-corrected chi connectivity index (χ0v) is 22.3. The Labute approximate surface area is 231 Å². The van der Waals surface area contributed by atoms with Gasteiger partial charge in [0.1, 0.15) is 12.3 Å². The maximum absolute atomic E-state index is 13.2. The minimum absolute atomic E-state index is 0.128. The molecule has 204 valence electrons. The molecule has 11 heteroatoms. The number of benzene rings is 2. The zero-order chi connectivity index (χ0) is 27.4. The molecule has 2 aliphatic rings. The Bertz CT molecular complexity index is 1360. The van der Waals surface area contributed by atoms with E-state index in [1.807, 2.05) is 12.1 Å². The molecule has 1 fully saturated rings. The predicted octanol–water partition coefficient (Wildman–Crippen LogP) is 3.20. The number of halogens is 1. The summed E-state index contributed by atoms with van der Waals surface area (Å²) in [6, 6.07) is 12.1. The number of nitrogens with one attached hydrogen (secondary N) is 2. The first kappa shape index (κ1) is 26.9. The third-order valence-corrected chi connectivity index (χ3v) is 7.12. The molecule has 2 aromatic carbocycles. The van der Waals surface area contributed by atoms with Gasteiger partial charge >= 0.3 is 0 Å². The number of methoxy groups -OCH3 is 1. The monoisotopic (exact) mass is 551 g/mol. The lowest BCUT2D eigenvalue weighted by Gasteiger charge is -2.23. The first-order valence-corrected chi connectivity index (χ1v) is 13.2. The van der Waals surface area contributed by atoms with Gasteiger partial charge in [-0.1, -0.05) is 35.9 Å². The number of carbonyl (C=O) groups is 2. The average Bonchev–Trinajstić information content (AvgIpc) is 3.27. The van der Waals surface area contributed by atoms with Gasteiger partial charge < -0.3 is 30.1 Å². The topological polar surface area (TPSA) is 126 Å². The Balaban J connectivity index is 1.27. The Morgan fingerprint density at radius 3 is 2.95 bits per heavy atom. The molecule has 2 aliphatic heterocycles. The Kier molecular flexibility index (Phi) is 8.25. The lowest BCUT2D eigenvalue weighted by molar-refractivity contribution is -0.122. The van der Waals surface area contributed by atoms with Crippen LogP contribution in [0.2, 0.25) is 5.02 Å². The van der Waals surface area contributed by atoms with Crippen LogP contribution in [0.15, 0.2) is 48.7 Å². The number of aliphatic hydroxyl groups excluding tert-OH is 1. The second-order valence-corrected chi connectivity index (χ2v) is 9.97. The summed E-state index contributed by atoms with van der Waals surface area (Å²) >= 11 is 6.44. The van der Waals surface area contributed by atoms with E-state index in [2.05, 4.69) is 20.6 Å². The van der Waals surface area contributed by atoms with Crippen molar-refractivity contribution in [3.8, 4) is 17.0 Å².